The molecule has 41 heavy (non-hydrogen) atoms. The zero-order valence-corrected chi connectivity index (χ0v) is 22.4. The lowest BCUT2D eigenvalue weighted by Gasteiger charge is -2.37. The number of anilines is 1. The number of hydrogen-bond acceptors (Lipinski definition) is 6. The second-order valence-corrected chi connectivity index (χ2v) is 11.2. The van der Waals surface area contributed by atoms with E-state index in [1.54, 1.807) is 22.8 Å². The van der Waals surface area contributed by atoms with E-state index in [-0.39, 0.29) is 29.7 Å². The minimum absolute atomic E-state index is 0.0138. The molecule has 2 N–H and O–H groups in total. The highest BCUT2D eigenvalue weighted by Gasteiger charge is 2.32. The van der Waals surface area contributed by atoms with Crippen molar-refractivity contribution >= 4 is 23.0 Å². The third-order valence-corrected chi connectivity index (χ3v) is 8.42. The Hall–Kier alpha value is -4.56. The Labute approximate surface area is 235 Å². The first-order chi connectivity index (χ1) is 20.0. The Morgan fingerprint density at radius 2 is 1.78 bits per heavy atom. The van der Waals surface area contributed by atoms with Gasteiger partial charge in [-0.1, -0.05) is 0 Å². The Morgan fingerprint density at radius 3 is 2.46 bits per heavy atom. The molecule has 208 valence electrons. The van der Waals surface area contributed by atoms with Gasteiger partial charge in [0.15, 0.2) is 0 Å². The number of piperidine rings is 1. The van der Waals surface area contributed by atoms with Crippen LogP contribution in [0, 0.1) is 29.0 Å². The van der Waals surface area contributed by atoms with Gasteiger partial charge in [0.1, 0.15) is 11.9 Å². The van der Waals surface area contributed by atoms with Gasteiger partial charge in [-0.2, -0.15) is 15.5 Å². The molecular formula is C30H29FN8O2. The molecule has 3 fully saturated rings. The summed E-state index contributed by atoms with van der Waals surface area (Å²) in [6.45, 7) is 2.97. The Bertz CT molecular complexity index is 1700. The van der Waals surface area contributed by atoms with Crippen LogP contribution in [0.1, 0.15) is 37.3 Å². The summed E-state index contributed by atoms with van der Waals surface area (Å²) in [6.07, 6.45) is 10.4. The van der Waals surface area contributed by atoms with Gasteiger partial charge in [0.05, 0.1) is 35.4 Å². The van der Waals surface area contributed by atoms with E-state index < -0.39 is 5.82 Å². The fourth-order valence-corrected chi connectivity index (χ4v) is 5.73. The molecule has 2 amide bonds. The minimum Gasteiger partial charge on any atom is -0.342 e. The quantitative estimate of drug-likeness (QED) is 0.377. The largest absolute Gasteiger partial charge is 0.342 e. The van der Waals surface area contributed by atoms with E-state index >= 15 is 4.39 Å². The first kappa shape index (κ1) is 25.4. The maximum absolute atomic E-state index is 15.5. The Balaban J connectivity index is 1.17. The third-order valence-electron chi connectivity index (χ3n) is 8.42. The van der Waals surface area contributed by atoms with Crippen LogP contribution in [-0.2, 0) is 9.59 Å². The molecule has 5 heterocycles. The maximum atomic E-state index is 15.5. The molecule has 7 rings (SSSR count). The Morgan fingerprint density at radius 1 is 0.976 bits per heavy atom. The number of nitrogens with one attached hydrogen (secondary N) is 2. The van der Waals surface area contributed by atoms with Crippen LogP contribution < -0.4 is 10.6 Å². The van der Waals surface area contributed by atoms with Gasteiger partial charge in [0, 0.05) is 72.4 Å². The molecule has 2 aliphatic heterocycles. The molecule has 0 radical (unpaired) electrons. The van der Waals surface area contributed by atoms with Crippen molar-refractivity contribution in [2.24, 2.45) is 11.8 Å². The number of fused-ring (bicyclic) bond motifs is 1. The molecule has 10 nitrogen and oxygen atoms in total. The highest BCUT2D eigenvalue weighted by Crippen LogP contribution is 2.36. The van der Waals surface area contributed by atoms with Crippen LogP contribution in [0.4, 0.5) is 10.1 Å². The zero-order chi connectivity index (χ0) is 28.1. The van der Waals surface area contributed by atoms with E-state index in [0.29, 0.717) is 41.0 Å². The average molecular weight is 553 g/mol. The number of nitrogens with zero attached hydrogens (tertiary/aromatic N) is 6. The van der Waals surface area contributed by atoms with Crippen molar-refractivity contribution in [2.45, 2.75) is 31.7 Å². The summed E-state index contributed by atoms with van der Waals surface area (Å²) in [6, 6.07) is 8.82. The van der Waals surface area contributed by atoms with Gasteiger partial charge in [0.25, 0.3) is 0 Å². The molecule has 3 aliphatic rings. The first-order valence-electron chi connectivity index (χ1n) is 14.0. The number of rotatable bonds is 6. The molecule has 0 unspecified atom stereocenters. The number of amides is 2. The maximum Gasteiger partial charge on any atom is 0.228 e. The van der Waals surface area contributed by atoms with Crippen molar-refractivity contribution in [3.8, 4) is 28.3 Å². The van der Waals surface area contributed by atoms with Crippen LogP contribution in [0.3, 0.4) is 0 Å². The van der Waals surface area contributed by atoms with Crippen molar-refractivity contribution in [2.75, 3.05) is 31.5 Å². The van der Waals surface area contributed by atoms with Crippen molar-refractivity contribution in [1.82, 2.24) is 29.6 Å². The molecule has 11 heteroatoms. The van der Waals surface area contributed by atoms with E-state index in [2.05, 4.69) is 26.9 Å². The molecule has 2 saturated heterocycles. The van der Waals surface area contributed by atoms with Gasteiger partial charge in [-0.25, -0.2) is 8.91 Å². The van der Waals surface area contributed by atoms with Crippen LogP contribution in [0.25, 0.3) is 27.8 Å². The predicted octanol–water partition coefficient (Wildman–Crippen LogP) is 3.61. The van der Waals surface area contributed by atoms with Crippen LogP contribution in [0.15, 0.2) is 49.1 Å². The topological polar surface area (TPSA) is 120 Å². The summed E-state index contributed by atoms with van der Waals surface area (Å²) in [7, 11) is 0. The van der Waals surface area contributed by atoms with Gasteiger partial charge < -0.3 is 15.5 Å². The zero-order valence-electron chi connectivity index (χ0n) is 22.4. The molecule has 1 aliphatic carbocycles. The summed E-state index contributed by atoms with van der Waals surface area (Å²) in [5.74, 6) is -0.227. The average Bonchev–Trinajstić information content (AvgIpc) is 3.54. The van der Waals surface area contributed by atoms with E-state index in [1.807, 2.05) is 28.0 Å². The summed E-state index contributed by atoms with van der Waals surface area (Å²) >= 11 is 0. The molecule has 1 saturated carbocycles. The van der Waals surface area contributed by atoms with Crippen LogP contribution in [-0.4, -0.2) is 62.3 Å². The smallest absolute Gasteiger partial charge is 0.228 e. The van der Waals surface area contributed by atoms with Gasteiger partial charge in [0.2, 0.25) is 11.8 Å². The number of likely N-dealkylation sites (tertiary alicyclic amines) is 1. The number of carbonyl (C=O) groups excluding carboxylic acids is 2. The predicted molar refractivity (Wildman–Crippen MR) is 149 cm³/mol. The lowest BCUT2D eigenvalue weighted by Crippen LogP contribution is -2.53. The molecule has 0 bridgehead atoms. The summed E-state index contributed by atoms with van der Waals surface area (Å²) in [4.78, 5) is 26.7. The molecule has 1 aromatic carbocycles. The van der Waals surface area contributed by atoms with Crippen LogP contribution in [0.5, 0.6) is 0 Å². The van der Waals surface area contributed by atoms with Crippen LogP contribution >= 0.6 is 0 Å². The molecule has 0 spiro atoms. The number of halogens is 1. The van der Waals surface area contributed by atoms with Crippen molar-refractivity contribution in [1.29, 1.82) is 5.26 Å². The molecular weight excluding hydrogens is 523 g/mol. The third kappa shape index (κ3) is 4.74. The monoisotopic (exact) mass is 552 g/mol. The van der Waals surface area contributed by atoms with E-state index in [9.17, 15) is 14.9 Å². The van der Waals surface area contributed by atoms with E-state index in [1.165, 1.54) is 12.3 Å². The van der Waals surface area contributed by atoms with Crippen molar-refractivity contribution in [3.63, 3.8) is 0 Å². The number of nitriles is 1. The number of pyridine rings is 1. The number of hydrogen-bond donors (Lipinski definition) is 2. The van der Waals surface area contributed by atoms with Gasteiger partial charge >= 0.3 is 0 Å². The fraction of sp³-hybridized carbons (Fsp3) is 0.367. The summed E-state index contributed by atoms with van der Waals surface area (Å²) < 4.78 is 19.1. The second kappa shape index (κ2) is 10.1. The van der Waals surface area contributed by atoms with Crippen molar-refractivity contribution in [3.05, 3.63) is 60.4 Å². The van der Waals surface area contributed by atoms with Gasteiger partial charge in [-0.3, -0.25) is 14.3 Å². The second-order valence-electron chi connectivity index (χ2n) is 11.2. The van der Waals surface area contributed by atoms with E-state index in [0.717, 1.165) is 49.9 Å². The van der Waals surface area contributed by atoms with Gasteiger partial charge in [-0.05, 0) is 49.9 Å². The number of benzene rings is 1. The van der Waals surface area contributed by atoms with E-state index in [4.69, 9.17) is 0 Å². The number of aromatic nitrogens is 4. The summed E-state index contributed by atoms with van der Waals surface area (Å²) in [5.41, 5.74) is 3.71. The molecule has 4 aromatic rings. The van der Waals surface area contributed by atoms with Crippen LogP contribution in [0.2, 0.25) is 0 Å². The lowest BCUT2D eigenvalue weighted by molar-refractivity contribution is -0.138. The molecule has 0 atom stereocenters. The van der Waals surface area contributed by atoms with Crippen molar-refractivity contribution < 1.29 is 14.0 Å². The fourth-order valence-electron chi connectivity index (χ4n) is 5.73. The Kier molecular flexibility index (Phi) is 6.27. The highest BCUT2D eigenvalue weighted by molar-refractivity contribution is 5.95. The first-order valence-corrected chi connectivity index (χ1v) is 14.0. The summed E-state index contributed by atoms with van der Waals surface area (Å²) in [5, 5.41) is 24.7. The minimum atomic E-state index is -0.502. The standard InChI is InChI=1S/C30H29FN8O2/c31-27-10-23(36-29(40)18-1-2-18)3-4-25(27)26-9-19(16-39-28(26)20(11-32)14-35-39)22-15-34-38(17-22)24-5-7-37(8-6-24)30(41)21-12-33-13-21/h3-4,9-10,14-18,21,24,33H,1-2,5-8,12-13H2,(H,36,40). The normalized spacial score (nSPS) is 17.8. The lowest BCUT2D eigenvalue weighted by atomic mass is 9.98. The molecule has 3 aromatic heterocycles. The number of carbonyl (C=O) groups is 2. The SMILES string of the molecule is N#Cc1cnn2cc(-c3cnn(C4CCN(C(=O)C5CNC5)CC4)c3)cc(-c3ccc(NC(=O)C4CC4)cc3F)c12. The highest BCUT2D eigenvalue weighted by atomic mass is 19.1. The van der Waals surface area contributed by atoms with Gasteiger partial charge in [-0.15, -0.1) is 0 Å².